The fourth-order valence-electron chi connectivity index (χ4n) is 2.67. The third-order valence-corrected chi connectivity index (χ3v) is 4.71. The number of carboxylic acid groups (broad SMARTS) is 1. The minimum atomic E-state index is -0.806. The van der Waals surface area contributed by atoms with E-state index < -0.39 is 11.9 Å². The molecule has 1 aromatic carbocycles. The van der Waals surface area contributed by atoms with Gasteiger partial charge in [-0.3, -0.25) is 9.59 Å². The molecule has 1 aliphatic carbocycles. The molecule has 0 saturated heterocycles. The SMILES string of the molecule is O=C(NC1CCCCCC1C(=O)O)c1ccccc1I. The average molecular weight is 387 g/mol. The van der Waals surface area contributed by atoms with Crippen LogP contribution in [0, 0.1) is 9.49 Å². The number of aliphatic carboxylic acids is 1. The zero-order valence-electron chi connectivity index (χ0n) is 11.1. The molecule has 0 bridgehead atoms. The van der Waals surface area contributed by atoms with Gasteiger partial charge < -0.3 is 10.4 Å². The van der Waals surface area contributed by atoms with Crippen molar-refractivity contribution in [1.29, 1.82) is 0 Å². The molecule has 1 aromatic rings. The van der Waals surface area contributed by atoms with Crippen LogP contribution in [0.3, 0.4) is 0 Å². The summed E-state index contributed by atoms with van der Waals surface area (Å²) in [5, 5.41) is 12.2. The Balaban J connectivity index is 2.12. The second-order valence-electron chi connectivity index (χ2n) is 5.14. The Morgan fingerprint density at radius 1 is 1.15 bits per heavy atom. The fourth-order valence-corrected chi connectivity index (χ4v) is 3.30. The van der Waals surface area contributed by atoms with E-state index in [2.05, 4.69) is 27.9 Å². The van der Waals surface area contributed by atoms with Crippen LogP contribution in [0.5, 0.6) is 0 Å². The van der Waals surface area contributed by atoms with Gasteiger partial charge in [0, 0.05) is 9.61 Å². The number of rotatable bonds is 3. The summed E-state index contributed by atoms with van der Waals surface area (Å²) < 4.78 is 0.878. The van der Waals surface area contributed by atoms with Crippen molar-refractivity contribution in [2.75, 3.05) is 0 Å². The molecule has 5 heteroatoms. The Labute approximate surface area is 132 Å². The van der Waals surface area contributed by atoms with Crippen LogP contribution >= 0.6 is 22.6 Å². The molecule has 0 aromatic heterocycles. The normalized spacial score (nSPS) is 22.9. The van der Waals surface area contributed by atoms with Crippen molar-refractivity contribution in [3.8, 4) is 0 Å². The van der Waals surface area contributed by atoms with E-state index in [9.17, 15) is 14.7 Å². The molecule has 1 amide bonds. The summed E-state index contributed by atoms with van der Waals surface area (Å²) >= 11 is 2.12. The highest BCUT2D eigenvalue weighted by Crippen LogP contribution is 2.24. The monoisotopic (exact) mass is 387 g/mol. The molecule has 2 atom stereocenters. The smallest absolute Gasteiger partial charge is 0.308 e. The van der Waals surface area contributed by atoms with Crippen LogP contribution in [-0.2, 0) is 4.79 Å². The van der Waals surface area contributed by atoms with Crippen LogP contribution in [0.15, 0.2) is 24.3 Å². The van der Waals surface area contributed by atoms with Gasteiger partial charge >= 0.3 is 5.97 Å². The van der Waals surface area contributed by atoms with E-state index in [1.807, 2.05) is 18.2 Å². The standard InChI is InChI=1S/C15H18INO3/c16-12-8-5-4-6-10(12)14(18)17-13-9-3-1-2-7-11(13)15(19)20/h4-6,8,11,13H,1-3,7,9H2,(H,17,18)(H,19,20). The van der Waals surface area contributed by atoms with Crippen LogP contribution in [0.2, 0.25) is 0 Å². The summed E-state index contributed by atoms with van der Waals surface area (Å²) in [4.78, 5) is 23.7. The van der Waals surface area contributed by atoms with Crippen LogP contribution in [0.25, 0.3) is 0 Å². The molecule has 4 nitrogen and oxygen atoms in total. The van der Waals surface area contributed by atoms with E-state index in [-0.39, 0.29) is 11.9 Å². The Kier molecular flexibility index (Phi) is 5.39. The number of carbonyl (C=O) groups is 2. The second-order valence-corrected chi connectivity index (χ2v) is 6.30. The highest BCUT2D eigenvalue weighted by atomic mass is 127. The summed E-state index contributed by atoms with van der Waals surface area (Å²) in [5.41, 5.74) is 0.612. The largest absolute Gasteiger partial charge is 0.481 e. The molecule has 108 valence electrons. The highest BCUT2D eigenvalue weighted by molar-refractivity contribution is 14.1. The lowest BCUT2D eigenvalue weighted by Gasteiger charge is -2.23. The number of hydrogen-bond donors (Lipinski definition) is 2. The molecule has 2 unspecified atom stereocenters. The lowest BCUT2D eigenvalue weighted by atomic mass is 9.94. The van der Waals surface area contributed by atoms with Gasteiger partial charge in [-0.15, -0.1) is 0 Å². The van der Waals surface area contributed by atoms with E-state index >= 15 is 0 Å². The van der Waals surface area contributed by atoms with Crippen LogP contribution in [-0.4, -0.2) is 23.0 Å². The maximum atomic E-state index is 12.3. The topological polar surface area (TPSA) is 66.4 Å². The van der Waals surface area contributed by atoms with Gasteiger partial charge in [-0.05, 0) is 47.6 Å². The first-order valence-corrected chi connectivity index (χ1v) is 7.95. The van der Waals surface area contributed by atoms with Gasteiger partial charge in [0.2, 0.25) is 0 Å². The maximum Gasteiger partial charge on any atom is 0.308 e. The summed E-state index contributed by atoms with van der Waals surface area (Å²) in [7, 11) is 0. The molecule has 1 fully saturated rings. The summed E-state index contributed by atoms with van der Waals surface area (Å²) in [6, 6.07) is 7.07. The average Bonchev–Trinajstić information content (AvgIpc) is 2.64. The molecule has 0 radical (unpaired) electrons. The third kappa shape index (κ3) is 3.71. The summed E-state index contributed by atoms with van der Waals surface area (Å²) in [6.45, 7) is 0. The lowest BCUT2D eigenvalue weighted by molar-refractivity contribution is -0.142. The van der Waals surface area contributed by atoms with E-state index in [4.69, 9.17) is 0 Å². The minimum absolute atomic E-state index is 0.173. The van der Waals surface area contributed by atoms with E-state index in [1.165, 1.54) is 0 Å². The van der Waals surface area contributed by atoms with Crippen molar-refractivity contribution in [2.24, 2.45) is 5.92 Å². The second kappa shape index (κ2) is 7.06. The molecule has 1 saturated carbocycles. The Hall–Kier alpha value is -1.11. The number of carbonyl (C=O) groups excluding carboxylic acids is 1. The van der Waals surface area contributed by atoms with Crippen LogP contribution < -0.4 is 5.32 Å². The van der Waals surface area contributed by atoms with Gasteiger partial charge in [0.1, 0.15) is 0 Å². The first kappa shape index (κ1) is 15.3. The molecule has 0 heterocycles. The number of benzene rings is 1. The number of nitrogens with one attached hydrogen (secondary N) is 1. The van der Waals surface area contributed by atoms with Gasteiger partial charge in [-0.1, -0.05) is 31.4 Å². The Morgan fingerprint density at radius 3 is 2.55 bits per heavy atom. The molecule has 2 N–H and O–H groups in total. The third-order valence-electron chi connectivity index (χ3n) is 3.77. The molecule has 1 aliphatic rings. The van der Waals surface area contributed by atoms with Gasteiger partial charge in [-0.2, -0.15) is 0 Å². The quantitative estimate of drug-likeness (QED) is 0.619. The van der Waals surface area contributed by atoms with Crippen LogP contribution in [0.4, 0.5) is 0 Å². The van der Waals surface area contributed by atoms with Crippen molar-refractivity contribution in [3.05, 3.63) is 33.4 Å². The van der Waals surface area contributed by atoms with Crippen molar-refractivity contribution in [1.82, 2.24) is 5.32 Å². The Bertz CT molecular complexity index is 504. The van der Waals surface area contributed by atoms with Gasteiger partial charge in [0.05, 0.1) is 11.5 Å². The Morgan fingerprint density at radius 2 is 1.85 bits per heavy atom. The first-order valence-electron chi connectivity index (χ1n) is 6.88. The maximum absolute atomic E-state index is 12.3. The van der Waals surface area contributed by atoms with E-state index in [0.717, 1.165) is 29.3 Å². The number of carboxylic acids is 1. The number of amides is 1. The molecule has 2 rings (SSSR count). The molecule has 0 aliphatic heterocycles. The zero-order chi connectivity index (χ0) is 14.5. The van der Waals surface area contributed by atoms with Crippen molar-refractivity contribution in [2.45, 2.75) is 38.1 Å². The van der Waals surface area contributed by atoms with Gasteiger partial charge in [0.15, 0.2) is 0 Å². The molecular weight excluding hydrogens is 369 g/mol. The fraction of sp³-hybridized carbons (Fsp3) is 0.467. The van der Waals surface area contributed by atoms with E-state index in [0.29, 0.717) is 12.0 Å². The van der Waals surface area contributed by atoms with Crippen molar-refractivity contribution < 1.29 is 14.7 Å². The molecule has 20 heavy (non-hydrogen) atoms. The molecule has 0 spiro atoms. The predicted octanol–water partition coefficient (Wildman–Crippen LogP) is 3.05. The summed E-state index contributed by atoms with van der Waals surface area (Å²) in [6.07, 6.45) is 4.32. The number of halogens is 1. The zero-order valence-corrected chi connectivity index (χ0v) is 13.3. The lowest BCUT2D eigenvalue weighted by Crippen LogP contribution is -2.43. The van der Waals surface area contributed by atoms with Gasteiger partial charge in [-0.25, -0.2) is 0 Å². The van der Waals surface area contributed by atoms with Gasteiger partial charge in [0.25, 0.3) is 5.91 Å². The van der Waals surface area contributed by atoms with E-state index in [1.54, 1.807) is 6.07 Å². The van der Waals surface area contributed by atoms with Crippen molar-refractivity contribution >= 4 is 34.5 Å². The number of hydrogen-bond acceptors (Lipinski definition) is 2. The minimum Gasteiger partial charge on any atom is -0.481 e. The van der Waals surface area contributed by atoms with Crippen LogP contribution in [0.1, 0.15) is 42.5 Å². The van der Waals surface area contributed by atoms with Crippen molar-refractivity contribution in [3.63, 3.8) is 0 Å². The summed E-state index contributed by atoms with van der Waals surface area (Å²) in [5.74, 6) is -1.45. The first-order chi connectivity index (χ1) is 9.59. The molecular formula is C15H18INO3. The highest BCUT2D eigenvalue weighted by Gasteiger charge is 2.30. The predicted molar refractivity (Wildman–Crippen MR) is 84.6 cm³/mol.